The van der Waals surface area contributed by atoms with Crippen molar-refractivity contribution in [2.75, 3.05) is 18.9 Å². The molecule has 0 radical (unpaired) electrons. The fourth-order valence-corrected chi connectivity index (χ4v) is 5.12. The predicted octanol–water partition coefficient (Wildman–Crippen LogP) is 3.70. The van der Waals surface area contributed by atoms with Crippen molar-refractivity contribution >= 4 is 23.5 Å². The molecule has 188 valence electrons. The minimum absolute atomic E-state index is 0.00238. The summed E-state index contributed by atoms with van der Waals surface area (Å²) in [4.78, 5) is 37.0. The van der Waals surface area contributed by atoms with E-state index in [1.165, 1.54) is 12.5 Å². The second kappa shape index (κ2) is 11.6. The van der Waals surface area contributed by atoms with E-state index in [9.17, 15) is 14.0 Å². The van der Waals surface area contributed by atoms with Gasteiger partial charge in [-0.2, -0.15) is 0 Å². The molecule has 0 bridgehead atoms. The summed E-state index contributed by atoms with van der Waals surface area (Å²) in [5.74, 6) is 0.692. The molecule has 0 spiro atoms. The van der Waals surface area contributed by atoms with Crippen molar-refractivity contribution in [3.05, 3.63) is 48.0 Å². The van der Waals surface area contributed by atoms with Crippen LogP contribution < -0.4 is 16.0 Å². The number of amides is 2. The molecule has 0 aromatic carbocycles. The maximum absolute atomic E-state index is 13.9. The molecule has 2 amide bonds. The van der Waals surface area contributed by atoms with E-state index >= 15 is 0 Å². The van der Waals surface area contributed by atoms with Crippen LogP contribution in [0.4, 0.5) is 16.0 Å². The summed E-state index contributed by atoms with van der Waals surface area (Å²) in [6.45, 7) is 2.46. The number of carbonyl (C=O) groups is 2. The van der Waals surface area contributed by atoms with Crippen LogP contribution in [0.5, 0.6) is 0 Å². The SMILES string of the molecule is CNC(C)C(=O)NC(C(=O)N1CCC[C@H]1c1ccnc(Nc2ccc(F)cn2)c1)C1CCCCC1. The Morgan fingerprint density at radius 2 is 1.86 bits per heavy atom. The van der Waals surface area contributed by atoms with Gasteiger partial charge in [-0.3, -0.25) is 9.59 Å². The lowest BCUT2D eigenvalue weighted by Gasteiger charge is -2.35. The molecule has 2 aliphatic rings. The van der Waals surface area contributed by atoms with Crippen LogP contribution in [0, 0.1) is 11.7 Å². The maximum atomic E-state index is 13.9. The summed E-state index contributed by atoms with van der Waals surface area (Å²) in [5, 5.41) is 9.15. The van der Waals surface area contributed by atoms with Gasteiger partial charge < -0.3 is 20.9 Å². The number of nitrogens with zero attached hydrogens (tertiary/aromatic N) is 3. The van der Waals surface area contributed by atoms with Gasteiger partial charge in [0.15, 0.2) is 0 Å². The highest BCUT2D eigenvalue weighted by molar-refractivity contribution is 5.90. The number of carbonyl (C=O) groups excluding carboxylic acids is 2. The van der Waals surface area contributed by atoms with Crippen molar-refractivity contribution in [2.45, 2.75) is 70.0 Å². The van der Waals surface area contributed by atoms with Gasteiger partial charge in [-0.25, -0.2) is 14.4 Å². The van der Waals surface area contributed by atoms with Gasteiger partial charge >= 0.3 is 0 Å². The zero-order chi connectivity index (χ0) is 24.8. The minimum Gasteiger partial charge on any atom is -0.343 e. The second-order valence-corrected chi connectivity index (χ2v) is 9.55. The van der Waals surface area contributed by atoms with E-state index in [1.807, 2.05) is 17.0 Å². The Hall–Kier alpha value is -3.07. The van der Waals surface area contributed by atoms with Crippen LogP contribution in [-0.2, 0) is 9.59 Å². The van der Waals surface area contributed by atoms with E-state index in [0.717, 1.165) is 50.3 Å². The van der Waals surface area contributed by atoms with Gasteiger partial charge in [0.2, 0.25) is 11.8 Å². The van der Waals surface area contributed by atoms with Crippen molar-refractivity contribution in [2.24, 2.45) is 5.92 Å². The van der Waals surface area contributed by atoms with Gasteiger partial charge in [0, 0.05) is 12.7 Å². The van der Waals surface area contributed by atoms with E-state index in [4.69, 9.17) is 0 Å². The Morgan fingerprint density at radius 1 is 1.06 bits per heavy atom. The molecule has 8 nitrogen and oxygen atoms in total. The monoisotopic (exact) mass is 482 g/mol. The molecule has 2 unspecified atom stereocenters. The van der Waals surface area contributed by atoms with E-state index < -0.39 is 11.9 Å². The first kappa shape index (κ1) is 25.0. The molecule has 4 rings (SSSR count). The summed E-state index contributed by atoms with van der Waals surface area (Å²) < 4.78 is 13.2. The first-order chi connectivity index (χ1) is 17.0. The van der Waals surface area contributed by atoms with Crippen LogP contribution in [-0.4, -0.2) is 52.4 Å². The first-order valence-corrected chi connectivity index (χ1v) is 12.6. The number of likely N-dealkylation sites (tertiary alicyclic amines) is 1. The highest BCUT2D eigenvalue weighted by Crippen LogP contribution is 2.35. The van der Waals surface area contributed by atoms with Crippen molar-refractivity contribution in [1.29, 1.82) is 0 Å². The van der Waals surface area contributed by atoms with Crippen molar-refractivity contribution in [3.63, 3.8) is 0 Å². The summed E-state index contributed by atoms with van der Waals surface area (Å²) in [5.41, 5.74) is 0.979. The first-order valence-electron chi connectivity index (χ1n) is 12.6. The third kappa shape index (κ3) is 6.14. The number of pyridine rings is 2. The normalized spacial score (nSPS) is 20.3. The topological polar surface area (TPSA) is 99.3 Å². The molecule has 2 aromatic rings. The van der Waals surface area contributed by atoms with Crippen molar-refractivity contribution in [3.8, 4) is 0 Å². The lowest BCUT2D eigenvalue weighted by Crippen LogP contribution is -2.55. The number of hydrogen-bond donors (Lipinski definition) is 3. The fraction of sp³-hybridized carbons (Fsp3) is 0.538. The summed E-state index contributed by atoms with van der Waals surface area (Å²) in [6, 6.07) is 5.77. The van der Waals surface area contributed by atoms with Gasteiger partial charge in [0.05, 0.1) is 18.3 Å². The number of hydrogen-bond acceptors (Lipinski definition) is 6. The quantitative estimate of drug-likeness (QED) is 0.531. The lowest BCUT2D eigenvalue weighted by atomic mass is 9.83. The third-order valence-corrected chi connectivity index (χ3v) is 7.20. The van der Waals surface area contributed by atoms with E-state index in [-0.39, 0.29) is 29.8 Å². The Labute approximate surface area is 206 Å². The average Bonchev–Trinajstić information content (AvgIpc) is 3.38. The summed E-state index contributed by atoms with van der Waals surface area (Å²) >= 11 is 0. The van der Waals surface area contributed by atoms with Gasteiger partial charge in [0.1, 0.15) is 23.5 Å². The zero-order valence-electron chi connectivity index (χ0n) is 20.5. The molecule has 1 aliphatic heterocycles. The largest absolute Gasteiger partial charge is 0.343 e. The number of anilines is 2. The van der Waals surface area contributed by atoms with E-state index in [2.05, 4.69) is 25.9 Å². The van der Waals surface area contributed by atoms with Crippen LogP contribution in [0.2, 0.25) is 0 Å². The Kier molecular flexibility index (Phi) is 8.28. The van der Waals surface area contributed by atoms with Crippen LogP contribution in [0.15, 0.2) is 36.7 Å². The smallest absolute Gasteiger partial charge is 0.245 e. The van der Waals surface area contributed by atoms with E-state index in [1.54, 1.807) is 26.2 Å². The molecule has 3 N–H and O–H groups in total. The Morgan fingerprint density at radius 3 is 2.57 bits per heavy atom. The van der Waals surface area contributed by atoms with Gasteiger partial charge in [-0.1, -0.05) is 19.3 Å². The van der Waals surface area contributed by atoms with Crippen LogP contribution >= 0.6 is 0 Å². The maximum Gasteiger partial charge on any atom is 0.245 e. The molecule has 3 atom stereocenters. The second-order valence-electron chi connectivity index (χ2n) is 9.55. The van der Waals surface area contributed by atoms with Crippen molar-refractivity contribution < 1.29 is 14.0 Å². The molecular weight excluding hydrogens is 447 g/mol. The number of rotatable bonds is 8. The number of likely N-dealkylation sites (N-methyl/N-ethyl adjacent to an activating group) is 1. The predicted molar refractivity (Wildman–Crippen MR) is 132 cm³/mol. The molecule has 2 aromatic heterocycles. The standard InChI is InChI=1S/C26H35FN6O2/c1-17(28-2)25(34)32-24(18-7-4-3-5-8-18)26(35)33-14-6-9-21(33)19-12-13-29-23(15-19)31-22-11-10-20(27)16-30-22/h10-13,15-18,21,24,28H,3-9,14H2,1-2H3,(H,32,34)(H,29,30,31)/t17?,21-,24?/m0/s1. The van der Waals surface area contributed by atoms with Crippen LogP contribution in [0.3, 0.4) is 0 Å². The molecule has 1 saturated heterocycles. The molecule has 2 fully saturated rings. The number of nitrogens with one attached hydrogen (secondary N) is 3. The van der Waals surface area contributed by atoms with Gasteiger partial charge in [-0.15, -0.1) is 0 Å². The Bertz CT molecular complexity index is 1010. The van der Waals surface area contributed by atoms with E-state index in [0.29, 0.717) is 18.2 Å². The molecule has 1 saturated carbocycles. The fourth-order valence-electron chi connectivity index (χ4n) is 5.12. The molecule has 1 aliphatic carbocycles. The average molecular weight is 483 g/mol. The minimum atomic E-state index is -0.512. The molecule has 35 heavy (non-hydrogen) atoms. The number of aromatic nitrogens is 2. The third-order valence-electron chi connectivity index (χ3n) is 7.20. The zero-order valence-corrected chi connectivity index (χ0v) is 20.5. The van der Waals surface area contributed by atoms with Gasteiger partial charge in [-0.05, 0) is 75.4 Å². The summed E-state index contributed by atoms with van der Waals surface area (Å²) in [6.07, 6.45) is 9.88. The van der Waals surface area contributed by atoms with Crippen molar-refractivity contribution in [1.82, 2.24) is 25.5 Å². The van der Waals surface area contributed by atoms with Gasteiger partial charge in [0.25, 0.3) is 0 Å². The lowest BCUT2D eigenvalue weighted by molar-refractivity contribution is -0.139. The highest BCUT2D eigenvalue weighted by Gasteiger charge is 2.39. The number of halogens is 1. The summed E-state index contributed by atoms with van der Waals surface area (Å²) in [7, 11) is 1.74. The molecular formula is C26H35FN6O2. The Balaban J connectivity index is 1.53. The molecule has 3 heterocycles. The highest BCUT2D eigenvalue weighted by atomic mass is 19.1. The molecule has 9 heteroatoms. The van der Waals surface area contributed by atoms with Crippen LogP contribution in [0.1, 0.15) is 63.5 Å². The van der Waals surface area contributed by atoms with Crippen LogP contribution in [0.25, 0.3) is 0 Å².